The molecule has 0 saturated carbocycles. The molecule has 3 rings (SSSR count). The molecule has 1 heterocycles. The van der Waals surface area contributed by atoms with Crippen molar-refractivity contribution >= 4 is 5.91 Å². The Morgan fingerprint density at radius 2 is 1.80 bits per heavy atom. The first-order chi connectivity index (χ1) is 12.2. The molecular weight excluding hydrogens is 312 g/mol. The van der Waals surface area contributed by atoms with Crippen LogP contribution in [0.3, 0.4) is 0 Å². The number of ether oxygens (including phenoxy) is 1. The van der Waals surface area contributed by atoms with Crippen molar-refractivity contribution in [1.82, 2.24) is 9.80 Å². The van der Waals surface area contributed by atoms with Crippen molar-refractivity contribution in [2.75, 3.05) is 32.8 Å². The average molecular weight is 338 g/mol. The zero-order valence-electron chi connectivity index (χ0n) is 15.1. The van der Waals surface area contributed by atoms with Crippen LogP contribution in [0.2, 0.25) is 0 Å². The highest BCUT2D eigenvalue weighted by Gasteiger charge is 2.24. The van der Waals surface area contributed by atoms with E-state index in [2.05, 4.69) is 36.1 Å². The zero-order chi connectivity index (χ0) is 17.6. The number of hydrogen-bond donors (Lipinski definition) is 0. The molecule has 0 spiro atoms. The van der Waals surface area contributed by atoms with Crippen molar-refractivity contribution < 1.29 is 9.53 Å². The summed E-state index contributed by atoms with van der Waals surface area (Å²) in [6, 6.07) is 16.1. The molecule has 0 aliphatic carbocycles. The fourth-order valence-electron chi connectivity index (χ4n) is 3.27. The van der Waals surface area contributed by atoms with Gasteiger partial charge in [-0.3, -0.25) is 9.69 Å². The third-order valence-corrected chi connectivity index (χ3v) is 4.57. The van der Waals surface area contributed by atoms with Gasteiger partial charge in [0, 0.05) is 32.7 Å². The van der Waals surface area contributed by atoms with Crippen LogP contribution >= 0.6 is 0 Å². The lowest BCUT2D eigenvalue weighted by Crippen LogP contribution is -2.48. The van der Waals surface area contributed by atoms with Gasteiger partial charge in [0.2, 0.25) is 0 Å². The number of benzene rings is 2. The van der Waals surface area contributed by atoms with E-state index < -0.39 is 0 Å². The van der Waals surface area contributed by atoms with Crippen molar-refractivity contribution in [3.05, 3.63) is 65.2 Å². The molecule has 1 fully saturated rings. The summed E-state index contributed by atoms with van der Waals surface area (Å²) in [5.74, 6) is 0.747. The first-order valence-electron chi connectivity index (χ1n) is 8.96. The van der Waals surface area contributed by atoms with Crippen LogP contribution in [-0.4, -0.2) is 48.5 Å². The van der Waals surface area contributed by atoms with E-state index in [4.69, 9.17) is 4.74 Å². The maximum absolute atomic E-state index is 12.8. The van der Waals surface area contributed by atoms with Gasteiger partial charge in [0.1, 0.15) is 5.75 Å². The van der Waals surface area contributed by atoms with Crippen LogP contribution in [0.4, 0.5) is 0 Å². The van der Waals surface area contributed by atoms with Gasteiger partial charge in [-0.1, -0.05) is 42.0 Å². The normalized spacial score (nSPS) is 15.2. The lowest BCUT2D eigenvalue weighted by molar-refractivity contribution is 0.0624. The summed E-state index contributed by atoms with van der Waals surface area (Å²) >= 11 is 0. The molecule has 1 aliphatic rings. The molecule has 25 heavy (non-hydrogen) atoms. The third-order valence-electron chi connectivity index (χ3n) is 4.57. The summed E-state index contributed by atoms with van der Waals surface area (Å²) in [7, 11) is 0. The molecule has 0 N–H and O–H groups in total. The number of aryl methyl sites for hydroxylation is 1. The minimum Gasteiger partial charge on any atom is -0.493 e. The van der Waals surface area contributed by atoms with Crippen molar-refractivity contribution in [3.63, 3.8) is 0 Å². The average Bonchev–Trinajstić information content (AvgIpc) is 2.63. The van der Waals surface area contributed by atoms with Gasteiger partial charge in [-0.15, -0.1) is 0 Å². The van der Waals surface area contributed by atoms with Crippen LogP contribution in [0, 0.1) is 6.92 Å². The van der Waals surface area contributed by atoms with E-state index in [1.807, 2.05) is 36.1 Å². The number of rotatable bonds is 5. The molecule has 0 atom stereocenters. The molecule has 132 valence electrons. The first-order valence-corrected chi connectivity index (χ1v) is 8.96. The smallest absolute Gasteiger partial charge is 0.257 e. The molecule has 4 heteroatoms. The number of para-hydroxylation sites is 1. The standard InChI is InChI=1S/C21H26N2O2/c1-3-25-20-10-5-4-9-19(20)21(24)23-13-11-22(12-14-23)16-18-8-6-7-17(2)15-18/h4-10,15H,3,11-14,16H2,1-2H3. The summed E-state index contributed by atoms with van der Waals surface area (Å²) in [5.41, 5.74) is 3.29. The Morgan fingerprint density at radius 1 is 1.04 bits per heavy atom. The summed E-state index contributed by atoms with van der Waals surface area (Å²) in [6.45, 7) is 8.87. The van der Waals surface area contributed by atoms with E-state index >= 15 is 0 Å². The van der Waals surface area contributed by atoms with Crippen LogP contribution in [0.1, 0.15) is 28.4 Å². The van der Waals surface area contributed by atoms with Gasteiger partial charge in [0.05, 0.1) is 12.2 Å². The van der Waals surface area contributed by atoms with Crippen LogP contribution in [-0.2, 0) is 6.54 Å². The highest BCUT2D eigenvalue weighted by atomic mass is 16.5. The Kier molecular flexibility index (Phi) is 5.71. The van der Waals surface area contributed by atoms with Gasteiger partial charge in [0.25, 0.3) is 5.91 Å². The van der Waals surface area contributed by atoms with E-state index in [9.17, 15) is 4.79 Å². The Labute approximate surface area is 150 Å². The summed E-state index contributed by atoms with van der Waals surface area (Å²) in [6.07, 6.45) is 0. The van der Waals surface area contributed by atoms with Gasteiger partial charge in [-0.2, -0.15) is 0 Å². The maximum atomic E-state index is 12.8. The van der Waals surface area contributed by atoms with E-state index in [1.54, 1.807) is 0 Å². The minimum absolute atomic E-state index is 0.0688. The topological polar surface area (TPSA) is 32.8 Å². The van der Waals surface area contributed by atoms with Gasteiger partial charge < -0.3 is 9.64 Å². The highest BCUT2D eigenvalue weighted by Crippen LogP contribution is 2.21. The van der Waals surface area contributed by atoms with Gasteiger partial charge >= 0.3 is 0 Å². The highest BCUT2D eigenvalue weighted by molar-refractivity contribution is 5.97. The number of piperazine rings is 1. The number of hydrogen-bond acceptors (Lipinski definition) is 3. The van der Waals surface area contributed by atoms with Crippen molar-refractivity contribution in [2.45, 2.75) is 20.4 Å². The van der Waals surface area contributed by atoms with Crippen LogP contribution in [0.25, 0.3) is 0 Å². The molecule has 1 saturated heterocycles. The molecule has 0 radical (unpaired) electrons. The van der Waals surface area contributed by atoms with Crippen molar-refractivity contribution in [3.8, 4) is 5.75 Å². The number of carbonyl (C=O) groups excluding carboxylic acids is 1. The Hall–Kier alpha value is -2.33. The fraction of sp³-hybridized carbons (Fsp3) is 0.381. The summed E-state index contributed by atoms with van der Waals surface area (Å²) in [4.78, 5) is 17.2. The van der Waals surface area contributed by atoms with Gasteiger partial charge in [0.15, 0.2) is 0 Å². The quantitative estimate of drug-likeness (QED) is 0.838. The fourth-order valence-corrected chi connectivity index (χ4v) is 3.27. The molecular formula is C21H26N2O2. The first kappa shape index (κ1) is 17.5. The molecule has 2 aromatic rings. The second-order valence-electron chi connectivity index (χ2n) is 6.49. The van der Waals surface area contributed by atoms with Gasteiger partial charge in [-0.25, -0.2) is 0 Å². The van der Waals surface area contributed by atoms with E-state index in [0.29, 0.717) is 17.9 Å². The third kappa shape index (κ3) is 4.40. The lowest BCUT2D eigenvalue weighted by atomic mass is 10.1. The Balaban J connectivity index is 1.59. The molecule has 0 unspecified atom stereocenters. The minimum atomic E-state index is 0.0688. The maximum Gasteiger partial charge on any atom is 0.257 e. The molecule has 2 aromatic carbocycles. The van der Waals surface area contributed by atoms with E-state index in [1.165, 1.54) is 11.1 Å². The van der Waals surface area contributed by atoms with Gasteiger partial charge in [-0.05, 0) is 31.5 Å². The second-order valence-corrected chi connectivity index (χ2v) is 6.49. The number of carbonyl (C=O) groups is 1. The molecule has 0 aromatic heterocycles. The summed E-state index contributed by atoms with van der Waals surface area (Å²) in [5, 5.41) is 0. The predicted molar refractivity (Wildman–Crippen MR) is 100.0 cm³/mol. The Morgan fingerprint density at radius 3 is 2.52 bits per heavy atom. The van der Waals surface area contributed by atoms with Crippen molar-refractivity contribution in [2.24, 2.45) is 0 Å². The Bertz CT molecular complexity index is 721. The summed E-state index contributed by atoms with van der Waals surface area (Å²) < 4.78 is 5.60. The van der Waals surface area contributed by atoms with Crippen LogP contribution in [0.15, 0.2) is 48.5 Å². The lowest BCUT2D eigenvalue weighted by Gasteiger charge is -2.35. The number of nitrogens with zero attached hydrogens (tertiary/aromatic N) is 2. The SMILES string of the molecule is CCOc1ccccc1C(=O)N1CCN(Cc2cccc(C)c2)CC1. The largest absolute Gasteiger partial charge is 0.493 e. The van der Waals surface area contributed by atoms with E-state index in [0.717, 1.165) is 32.7 Å². The molecule has 0 bridgehead atoms. The van der Waals surface area contributed by atoms with E-state index in [-0.39, 0.29) is 5.91 Å². The monoisotopic (exact) mass is 338 g/mol. The number of amides is 1. The predicted octanol–water partition coefficient (Wildman–Crippen LogP) is 3.35. The second kappa shape index (κ2) is 8.17. The molecule has 4 nitrogen and oxygen atoms in total. The molecule has 1 aliphatic heterocycles. The van der Waals surface area contributed by atoms with Crippen molar-refractivity contribution in [1.29, 1.82) is 0 Å². The van der Waals surface area contributed by atoms with Crippen LogP contribution in [0.5, 0.6) is 5.75 Å². The van der Waals surface area contributed by atoms with Crippen LogP contribution < -0.4 is 4.74 Å². The zero-order valence-corrected chi connectivity index (χ0v) is 15.1. The molecule has 1 amide bonds.